The van der Waals surface area contributed by atoms with Crippen molar-refractivity contribution < 1.29 is 13.2 Å². The van der Waals surface area contributed by atoms with Gasteiger partial charge in [0.1, 0.15) is 6.07 Å². The van der Waals surface area contributed by atoms with E-state index in [1.807, 2.05) is 11.0 Å². The molecule has 0 radical (unpaired) electrons. The van der Waals surface area contributed by atoms with Gasteiger partial charge in [-0.25, -0.2) is 8.42 Å². The van der Waals surface area contributed by atoms with Crippen LogP contribution >= 0.6 is 0 Å². The molecule has 0 atom stereocenters. The van der Waals surface area contributed by atoms with Crippen LogP contribution in [0.4, 0.5) is 11.6 Å². The zero-order valence-corrected chi connectivity index (χ0v) is 15.9. The van der Waals surface area contributed by atoms with Gasteiger partial charge in [-0.05, 0) is 24.3 Å². The molecule has 1 aliphatic rings. The zero-order chi connectivity index (χ0) is 20.1. The van der Waals surface area contributed by atoms with E-state index in [0.717, 1.165) is 6.26 Å². The fourth-order valence-electron chi connectivity index (χ4n) is 2.70. The van der Waals surface area contributed by atoms with Crippen LogP contribution in [0.1, 0.15) is 11.4 Å². The molecule has 12 heteroatoms. The molecule has 1 aliphatic heterocycles. The Kier molecular flexibility index (Phi) is 5.65. The molecule has 0 aromatic carbocycles. The third-order valence-corrected chi connectivity index (χ3v) is 4.64. The smallest absolute Gasteiger partial charge is 0.231 e. The van der Waals surface area contributed by atoms with Crippen molar-refractivity contribution in [1.29, 1.82) is 5.26 Å². The van der Waals surface area contributed by atoms with Gasteiger partial charge in [0, 0.05) is 26.2 Å². The van der Waals surface area contributed by atoms with E-state index in [0.29, 0.717) is 37.7 Å². The highest BCUT2D eigenvalue weighted by Crippen LogP contribution is 2.13. The Morgan fingerprint density at radius 2 is 1.86 bits per heavy atom. The monoisotopic (exact) mass is 402 g/mol. The Morgan fingerprint density at radius 3 is 2.39 bits per heavy atom. The minimum atomic E-state index is -3.42. The lowest BCUT2D eigenvalue weighted by molar-refractivity contribution is -0.130. The van der Waals surface area contributed by atoms with Crippen molar-refractivity contribution in [2.45, 2.75) is 6.42 Å². The topological polar surface area (TPSA) is 145 Å². The largest absolute Gasteiger partial charge is 0.352 e. The molecule has 28 heavy (non-hydrogen) atoms. The van der Waals surface area contributed by atoms with Crippen molar-refractivity contribution in [2.75, 3.05) is 42.1 Å². The summed E-state index contributed by atoms with van der Waals surface area (Å²) in [6.45, 7) is 2.27. The van der Waals surface area contributed by atoms with Gasteiger partial charge in [0.15, 0.2) is 17.3 Å². The van der Waals surface area contributed by atoms with Gasteiger partial charge < -0.3 is 9.80 Å². The number of nitriles is 1. The number of nitrogens with zero attached hydrogens (tertiary/aromatic N) is 7. The number of hydrogen-bond donors (Lipinski definition) is 1. The molecule has 0 aliphatic carbocycles. The second-order valence-electron chi connectivity index (χ2n) is 6.22. The van der Waals surface area contributed by atoms with Crippen molar-refractivity contribution in [3.63, 3.8) is 0 Å². The molecule has 3 heterocycles. The van der Waals surface area contributed by atoms with Crippen LogP contribution in [0.15, 0.2) is 24.3 Å². The van der Waals surface area contributed by atoms with Crippen molar-refractivity contribution >= 4 is 27.6 Å². The maximum atomic E-state index is 12.5. The van der Waals surface area contributed by atoms with E-state index < -0.39 is 10.0 Å². The van der Waals surface area contributed by atoms with Crippen LogP contribution in [0.2, 0.25) is 0 Å². The first-order chi connectivity index (χ1) is 13.3. The van der Waals surface area contributed by atoms with E-state index in [1.165, 1.54) is 6.07 Å². The average molecular weight is 402 g/mol. The molecule has 3 rings (SSSR count). The number of amides is 1. The van der Waals surface area contributed by atoms with Gasteiger partial charge in [0.25, 0.3) is 0 Å². The van der Waals surface area contributed by atoms with Gasteiger partial charge >= 0.3 is 0 Å². The highest BCUT2D eigenvalue weighted by molar-refractivity contribution is 7.92. The molecule has 1 N–H and O–H groups in total. The lowest BCUT2D eigenvalue weighted by Crippen LogP contribution is -2.49. The third kappa shape index (κ3) is 5.10. The van der Waals surface area contributed by atoms with Crippen LogP contribution < -0.4 is 9.62 Å². The van der Waals surface area contributed by atoms with E-state index >= 15 is 0 Å². The molecule has 1 fully saturated rings. The van der Waals surface area contributed by atoms with E-state index in [2.05, 4.69) is 25.1 Å². The summed E-state index contributed by atoms with van der Waals surface area (Å²) in [7, 11) is -3.42. The molecule has 1 saturated heterocycles. The van der Waals surface area contributed by atoms with Crippen LogP contribution in [-0.2, 0) is 21.2 Å². The number of carbonyl (C=O) groups is 1. The van der Waals surface area contributed by atoms with Crippen molar-refractivity contribution in [3.05, 3.63) is 35.7 Å². The molecule has 11 nitrogen and oxygen atoms in total. The second kappa shape index (κ2) is 8.13. The van der Waals surface area contributed by atoms with Gasteiger partial charge in [0.2, 0.25) is 15.9 Å². The standard InChI is InChI=1S/C16H18N8O3S/c1-28(26,27)22-14-4-2-12(18-20-14)10-16(25)24-8-6-23(7-9-24)15-5-3-13(11-17)19-21-15/h2-5H,6-10H2,1H3,(H,20,22). The molecule has 0 unspecified atom stereocenters. The van der Waals surface area contributed by atoms with Crippen molar-refractivity contribution in [2.24, 2.45) is 0 Å². The van der Waals surface area contributed by atoms with Crippen molar-refractivity contribution in [3.8, 4) is 6.07 Å². The Hall–Kier alpha value is -3.33. The second-order valence-corrected chi connectivity index (χ2v) is 7.97. The molecule has 2 aromatic heterocycles. The zero-order valence-electron chi connectivity index (χ0n) is 15.1. The highest BCUT2D eigenvalue weighted by atomic mass is 32.2. The Bertz CT molecular complexity index is 978. The summed E-state index contributed by atoms with van der Waals surface area (Å²) in [6, 6.07) is 8.32. The Labute approximate surface area is 162 Å². The SMILES string of the molecule is CS(=O)(=O)Nc1ccc(CC(=O)N2CCN(c3ccc(C#N)nn3)CC2)nn1. The summed E-state index contributed by atoms with van der Waals surface area (Å²) in [6.07, 6.45) is 1.11. The first-order valence-corrected chi connectivity index (χ1v) is 10.3. The van der Waals surface area contributed by atoms with Crippen LogP contribution in [-0.4, -0.2) is 72.1 Å². The summed E-state index contributed by atoms with van der Waals surface area (Å²) in [5, 5.41) is 24.3. The van der Waals surface area contributed by atoms with E-state index in [4.69, 9.17) is 5.26 Å². The van der Waals surface area contributed by atoms with Crippen molar-refractivity contribution in [1.82, 2.24) is 25.3 Å². The first kappa shape index (κ1) is 19.4. The van der Waals surface area contributed by atoms with Crippen LogP contribution in [0, 0.1) is 11.3 Å². The molecular formula is C16H18N8O3S. The summed E-state index contributed by atoms with van der Waals surface area (Å²) in [5.74, 6) is 0.699. The Balaban J connectivity index is 1.53. The number of carbonyl (C=O) groups excluding carboxylic acids is 1. The fourth-order valence-corrected chi connectivity index (χ4v) is 3.19. The van der Waals surface area contributed by atoms with Gasteiger partial charge in [-0.15, -0.1) is 15.3 Å². The molecule has 1 amide bonds. The number of nitrogens with one attached hydrogen (secondary N) is 1. The number of rotatable bonds is 5. The third-order valence-electron chi connectivity index (χ3n) is 4.06. The first-order valence-electron chi connectivity index (χ1n) is 8.41. The lowest BCUT2D eigenvalue weighted by atomic mass is 10.2. The number of piperazine rings is 1. The van der Waals surface area contributed by atoms with Gasteiger partial charge in [0.05, 0.1) is 18.4 Å². The predicted octanol–water partition coefficient (Wildman–Crippen LogP) is -0.599. The van der Waals surface area contributed by atoms with E-state index in [9.17, 15) is 13.2 Å². The summed E-state index contributed by atoms with van der Waals surface area (Å²) >= 11 is 0. The lowest BCUT2D eigenvalue weighted by Gasteiger charge is -2.35. The molecule has 0 bridgehead atoms. The minimum Gasteiger partial charge on any atom is -0.352 e. The van der Waals surface area contributed by atoms with Gasteiger partial charge in [-0.3, -0.25) is 9.52 Å². The molecule has 0 spiro atoms. The van der Waals surface area contributed by atoms with E-state index in [1.54, 1.807) is 23.1 Å². The van der Waals surface area contributed by atoms with Crippen LogP contribution in [0.25, 0.3) is 0 Å². The molecule has 146 valence electrons. The summed E-state index contributed by atoms with van der Waals surface area (Å²) in [4.78, 5) is 16.2. The van der Waals surface area contributed by atoms with E-state index in [-0.39, 0.29) is 23.8 Å². The number of aromatic nitrogens is 4. The van der Waals surface area contributed by atoms with Gasteiger partial charge in [-0.2, -0.15) is 10.4 Å². The summed E-state index contributed by atoms with van der Waals surface area (Å²) < 4.78 is 24.6. The summed E-state index contributed by atoms with van der Waals surface area (Å²) in [5.41, 5.74) is 0.723. The normalized spacial score (nSPS) is 14.4. The highest BCUT2D eigenvalue weighted by Gasteiger charge is 2.22. The number of hydrogen-bond acceptors (Lipinski definition) is 9. The fraction of sp³-hybridized carbons (Fsp3) is 0.375. The predicted molar refractivity (Wildman–Crippen MR) is 99.7 cm³/mol. The minimum absolute atomic E-state index is 0.0799. The number of anilines is 2. The van der Waals surface area contributed by atoms with Gasteiger partial charge in [-0.1, -0.05) is 0 Å². The Morgan fingerprint density at radius 1 is 1.11 bits per heavy atom. The quantitative estimate of drug-likeness (QED) is 0.693. The molecule has 2 aromatic rings. The number of sulfonamides is 1. The van der Waals surface area contributed by atoms with Crippen LogP contribution in [0.5, 0.6) is 0 Å². The maximum Gasteiger partial charge on any atom is 0.231 e. The van der Waals surface area contributed by atoms with Crippen LogP contribution in [0.3, 0.4) is 0 Å². The molecule has 0 saturated carbocycles. The maximum absolute atomic E-state index is 12.5. The average Bonchev–Trinajstić information content (AvgIpc) is 2.68. The molecular weight excluding hydrogens is 384 g/mol.